The molecule has 3 rings (SSSR count). The molecule has 0 spiro atoms. The predicted molar refractivity (Wildman–Crippen MR) is 70.9 cm³/mol. The van der Waals surface area contributed by atoms with Crippen LogP contribution in [-0.4, -0.2) is 16.9 Å². The lowest BCUT2D eigenvalue weighted by atomic mass is 9.63. The van der Waals surface area contributed by atoms with E-state index in [1.165, 1.54) is 5.56 Å². The van der Waals surface area contributed by atoms with Gasteiger partial charge in [0.05, 0.1) is 0 Å². The van der Waals surface area contributed by atoms with E-state index in [9.17, 15) is 5.02 Å². The summed E-state index contributed by atoms with van der Waals surface area (Å²) < 4.78 is 0. The normalized spacial score (nSPS) is 13.8. The van der Waals surface area contributed by atoms with Crippen molar-refractivity contribution < 1.29 is 5.02 Å². The first-order valence-electron chi connectivity index (χ1n) is 5.73. The fraction of sp³-hybridized carbons (Fsp3) is 0.154. The molecule has 1 aliphatic rings. The van der Waals surface area contributed by atoms with Gasteiger partial charge in [0, 0.05) is 11.1 Å². The van der Waals surface area contributed by atoms with Crippen molar-refractivity contribution in [2.24, 2.45) is 0 Å². The third-order valence-electron chi connectivity index (χ3n) is 3.02. The summed E-state index contributed by atoms with van der Waals surface area (Å²) in [6.45, 7) is -0.283. The molecular weight excluding hydrogens is 229 g/mol. The lowest BCUT2D eigenvalue weighted by molar-refractivity contribution is 0.587. The number of rotatable bonds is 2. The average Bonchev–Trinajstić information content (AvgIpc) is 2.73. The fourth-order valence-electron chi connectivity index (χ4n) is 2.15. The van der Waals surface area contributed by atoms with Gasteiger partial charge in [0.2, 0.25) is 0 Å². The molecule has 0 saturated heterocycles. The first-order valence-corrected chi connectivity index (χ1v) is 6.54. The Morgan fingerprint density at radius 1 is 1.24 bits per heavy atom. The van der Waals surface area contributed by atoms with Crippen molar-refractivity contribution in [3.8, 4) is 0 Å². The minimum atomic E-state index is -0.283. The van der Waals surface area contributed by atoms with Crippen LogP contribution in [0.1, 0.15) is 5.56 Å². The van der Waals surface area contributed by atoms with Crippen LogP contribution in [0.2, 0.25) is 6.32 Å². The van der Waals surface area contributed by atoms with Crippen LogP contribution in [0.4, 0.5) is 0 Å². The number of nitrogens with zero attached hydrogens (tertiary/aromatic N) is 1. The first kappa shape index (κ1) is 10.9. The molecule has 17 heavy (non-hydrogen) atoms. The molecule has 0 atom stereocenters. The topological polar surface area (TPSA) is 33.1 Å². The molecular formula is C13H12BNOS. The lowest BCUT2D eigenvalue weighted by Gasteiger charge is -2.05. The Morgan fingerprint density at radius 2 is 2.18 bits per heavy atom. The van der Waals surface area contributed by atoms with Crippen molar-refractivity contribution in [3.63, 3.8) is 0 Å². The Labute approximate surface area is 105 Å². The van der Waals surface area contributed by atoms with Gasteiger partial charge in [0.15, 0.2) is 0 Å². The van der Waals surface area contributed by atoms with Crippen molar-refractivity contribution in [1.82, 2.24) is 4.98 Å². The van der Waals surface area contributed by atoms with Crippen molar-refractivity contribution in [1.29, 1.82) is 0 Å². The highest BCUT2D eigenvalue weighted by Crippen LogP contribution is 2.26. The second kappa shape index (κ2) is 4.55. The monoisotopic (exact) mass is 241 g/mol. The Morgan fingerprint density at radius 3 is 3.00 bits per heavy atom. The first-order chi connectivity index (χ1) is 8.33. The highest BCUT2D eigenvalue weighted by molar-refractivity contribution is 7.99. The maximum atomic E-state index is 9.85. The van der Waals surface area contributed by atoms with Crippen LogP contribution < -0.4 is 5.46 Å². The minimum Gasteiger partial charge on any atom is -0.446 e. The molecule has 2 heterocycles. The molecule has 0 unspecified atom stereocenters. The highest BCUT2D eigenvalue weighted by atomic mass is 32.2. The van der Waals surface area contributed by atoms with E-state index in [1.54, 1.807) is 18.0 Å². The maximum Gasteiger partial charge on any atom is 0.324 e. The number of fused-ring (bicyclic) bond motifs is 1. The smallest absolute Gasteiger partial charge is 0.324 e. The number of benzene rings is 1. The van der Waals surface area contributed by atoms with Gasteiger partial charge in [-0.05, 0) is 36.4 Å². The molecule has 1 N–H and O–H groups in total. The van der Waals surface area contributed by atoms with Crippen LogP contribution in [-0.2, 0) is 6.42 Å². The Hall–Kier alpha value is -1.26. The van der Waals surface area contributed by atoms with E-state index >= 15 is 0 Å². The van der Waals surface area contributed by atoms with Gasteiger partial charge in [-0.25, -0.2) is 4.98 Å². The molecule has 1 aromatic heterocycles. The largest absolute Gasteiger partial charge is 0.446 e. The standard InChI is InChI=1S/C13H12BNOS/c16-14-7-6-10-4-5-11(9-12(10)14)17-13-3-1-2-8-15-13/h1-5,8-9,16H,6-7H2. The third-order valence-corrected chi connectivity index (χ3v) is 3.96. The van der Waals surface area contributed by atoms with Gasteiger partial charge in [0.25, 0.3) is 0 Å². The van der Waals surface area contributed by atoms with Gasteiger partial charge in [-0.2, -0.15) is 0 Å². The number of aryl methyl sites for hydroxylation is 1. The van der Waals surface area contributed by atoms with Gasteiger partial charge < -0.3 is 5.02 Å². The SMILES string of the molecule is OB1CCc2ccc(Sc3ccccn3)cc21. The number of hydrogen-bond donors (Lipinski definition) is 1. The summed E-state index contributed by atoms with van der Waals surface area (Å²) in [6.07, 6.45) is 3.64. The van der Waals surface area contributed by atoms with Crippen LogP contribution >= 0.6 is 11.8 Å². The molecule has 0 amide bonds. The predicted octanol–water partition coefficient (Wildman–Crippen LogP) is 1.98. The quantitative estimate of drug-likeness (QED) is 0.816. The molecule has 0 fully saturated rings. The second-order valence-corrected chi connectivity index (χ2v) is 5.28. The minimum absolute atomic E-state index is 0.283. The van der Waals surface area contributed by atoms with E-state index in [0.717, 1.165) is 28.1 Å². The summed E-state index contributed by atoms with van der Waals surface area (Å²) in [5.41, 5.74) is 2.37. The van der Waals surface area contributed by atoms with E-state index in [0.29, 0.717) is 0 Å². The summed E-state index contributed by atoms with van der Waals surface area (Å²) in [7, 11) is 0. The zero-order chi connectivity index (χ0) is 11.7. The van der Waals surface area contributed by atoms with Crippen molar-refractivity contribution in [2.75, 3.05) is 0 Å². The Kier molecular flexibility index (Phi) is 2.91. The van der Waals surface area contributed by atoms with Gasteiger partial charge in [0.1, 0.15) is 5.03 Å². The summed E-state index contributed by atoms with van der Waals surface area (Å²) in [4.78, 5) is 5.43. The molecule has 2 nitrogen and oxygen atoms in total. The molecule has 2 aromatic rings. The number of aromatic nitrogens is 1. The summed E-state index contributed by atoms with van der Waals surface area (Å²) in [6, 6.07) is 12.2. The zero-order valence-electron chi connectivity index (χ0n) is 9.34. The maximum absolute atomic E-state index is 9.85. The average molecular weight is 241 g/mol. The van der Waals surface area contributed by atoms with Gasteiger partial charge in [-0.3, -0.25) is 0 Å². The molecule has 0 radical (unpaired) electrons. The summed E-state index contributed by atoms with van der Waals surface area (Å²) in [5.74, 6) is 0. The molecule has 0 bridgehead atoms. The molecule has 4 heteroatoms. The third kappa shape index (κ3) is 2.23. The van der Waals surface area contributed by atoms with E-state index in [4.69, 9.17) is 0 Å². The fourth-order valence-corrected chi connectivity index (χ4v) is 2.97. The number of hydrogen-bond acceptors (Lipinski definition) is 3. The van der Waals surface area contributed by atoms with Crippen LogP contribution in [0.3, 0.4) is 0 Å². The van der Waals surface area contributed by atoms with Gasteiger partial charge >= 0.3 is 6.92 Å². The molecule has 1 aromatic carbocycles. The lowest BCUT2D eigenvalue weighted by Crippen LogP contribution is -2.25. The van der Waals surface area contributed by atoms with Crippen LogP contribution in [0.25, 0.3) is 0 Å². The summed E-state index contributed by atoms with van der Waals surface area (Å²) >= 11 is 1.63. The van der Waals surface area contributed by atoms with E-state index in [-0.39, 0.29) is 6.92 Å². The van der Waals surface area contributed by atoms with Gasteiger partial charge in [-0.15, -0.1) is 0 Å². The number of pyridine rings is 1. The van der Waals surface area contributed by atoms with Crippen LogP contribution in [0, 0.1) is 0 Å². The summed E-state index contributed by atoms with van der Waals surface area (Å²) in [5, 5.41) is 10.8. The van der Waals surface area contributed by atoms with Gasteiger partial charge in [-0.1, -0.05) is 35.5 Å². The van der Waals surface area contributed by atoms with Crippen molar-refractivity contribution in [3.05, 3.63) is 48.2 Å². The highest BCUT2D eigenvalue weighted by Gasteiger charge is 2.24. The van der Waals surface area contributed by atoms with Crippen molar-refractivity contribution in [2.45, 2.75) is 22.7 Å². The second-order valence-electron chi connectivity index (χ2n) is 4.19. The van der Waals surface area contributed by atoms with Crippen LogP contribution in [0.5, 0.6) is 0 Å². The zero-order valence-corrected chi connectivity index (χ0v) is 10.2. The molecule has 0 aliphatic carbocycles. The Bertz CT molecular complexity index is 532. The van der Waals surface area contributed by atoms with Crippen molar-refractivity contribution >= 4 is 24.1 Å². The van der Waals surface area contributed by atoms with Crippen LogP contribution in [0.15, 0.2) is 52.5 Å². The molecule has 0 saturated carbocycles. The molecule has 84 valence electrons. The molecule has 1 aliphatic heterocycles. The van der Waals surface area contributed by atoms with E-state index < -0.39 is 0 Å². The Balaban J connectivity index is 1.88. The van der Waals surface area contributed by atoms with E-state index in [2.05, 4.69) is 23.2 Å². The van der Waals surface area contributed by atoms with E-state index in [1.807, 2.05) is 18.2 Å².